The summed E-state index contributed by atoms with van der Waals surface area (Å²) in [6, 6.07) is -4.06. The SMILES string of the molecule is C=CCNC(=O)C(=O)C(CCC)NC(=O)C1[C@@H]2[C@H](CN1C(=O)C(NC(=O)NC(COC(=O)NC(C)C)C(C)(C)C)C1(C)CCCCC1)C2(C)C. The molecule has 6 atom stereocenters. The van der Waals surface area contributed by atoms with E-state index in [-0.39, 0.29) is 48.8 Å². The van der Waals surface area contributed by atoms with Crippen molar-refractivity contribution in [3.05, 3.63) is 12.7 Å². The minimum absolute atomic E-state index is 0.0680. The molecular formula is C37H62N6O7. The lowest BCUT2D eigenvalue weighted by Crippen LogP contribution is -2.63. The average molecular weight is 703 g/mol. The van der Waals surface area contributed by atoms with Gasteiger partial charge in [-0.2, -0.15) is 0 Å². The number of hydrogen-bond donors (Lipinski definition) is 5. The number of urea groups is 1. The minimum atomic E-state index is -1.04. The third-order valence-electron chi connectivity index (χ3n) is 11.0. The van der Waals surface area contributed by atoms with E-state index in [1.807, 2.05) is 48.5 Å². The molecule has 3 rings (SSSR count). The molecule has 1 saturated heterocycles. The average Bonchev–Trinajstić information content (AvgIpc) is 3.33. The Balaban J connectivity index is 1.87. The molecule has 0 aromatic carbocycles. The van der Waals surface area contributed by atoms with Crippen LogP contribution in [0.2, 0.25) is 0 Å². The number of ether oxygens (including phenoxy) is 1. The van der Waals surface area contributed by atoms with Crippen molar-refractivity contribution in [1.29, 1.82) is 0 Å². The van der Waals surface area contributed by atoms with Crippen molar-refractivity contribution in [3.63, 3.8) is 0 Å². The van der Waals surface area contributed by atoms with E-state index in [1.54, 1.807) is 4.90 Å². The molecule has 0 radical (unpaired) electrons. The van der Waals surface area contributed by atoms with Crippen molar-refractivity contribution in [1.82, 2.24) is 31.5 Å². The van der Waals surface area contributed by atoms with Crippen LogP contribution in [0.1, 0.15) is 107 Å². The van der Waals surface area contributed by atoms with E-state index in [1.165, 1.54) is 6.08 Å². The van der Waals surface area contributed by atoms with Crippen LogP contribution >= 0.6 is 0 Å². The van der Waals surface area contributed by atoms with Gasteiger partial charge >= 0.3 is 12.1 Å². The summed E-state index contributed by atoms with van der Waals surface area (Å²) in [5.74, 6) is -2.41. The third-order valence-corrected chi connectivity index (χ3v) is 11.0. The Morgan fingerprint density at radius 1 is 0.960 bits per heavy atom. The monoisotopic (exact) mass is 702 g/mol. The van der Waals surface area contributed by atoms with Gasteiger partial charge in [-0.05, 0) is 61.2 Å². The highest BCUT2D eigenvalue weighted by Gasteiger charge is 2.70. The highest BCUT2D eigenvalue weighted by atomic mass is 16.5. The number of carbonyl (C=O) groups is 6. The maximum absolute atomic E-state index is 14.7. The summed E-state index contributed by atoms with van der Waals surface area (Å²) >= 11 is 0. The molecule has 3 fully saturated rings. The molecule has 2 saturated carbocycles. The van der Waals surface area contributed by atoms with E-state index in [0.29, 0.717) is 13.0 Å². The zero-order chi connectivity index (χ0) is 37.6. The van der Waals surface area contributed by atoms with Gasteiger partial charge in [0.05, 0.1) is 12.1 Å². The van der Waals surface area contributed by atoms with E-state index >= 15 is 0 Å². The molecule has 3 aliphatic rings. The molecule has 4 unspecified atom stereocenters. The maximum atomic E-state index is 14.7. The molecule has 282 valence electrons. The van der Waals surface area contributed by atoms with E-state index in [2.05, 4.69) is 47.0 Å². The Bertz CT molecular complexity index is 1290. The fourth-order valence-corrected chi connectivity index (χ4v) is 7.66. The first kappa shape index (κ1) is 40.8. The lowest BCUT2D eigenvalue weighted by atomic mass is 9.70. The first-order chi connectivity index (χ1) is 23.3. The summed E-state index contributed by atoms with van der Waals surface area (Å²) in [6.07, 6.45) is 6.00. The molecule has 1 aliphatic heterocycles. The molecule has 50 heavy (non-hydrogen) atoms. The van der Waals surface area contributed by atoms with Gasteiger partial charge in [-0.3, -0.25) is 19.2 Å². The summed E-state index contributed by atoms with van der Waals surface area (Å²) < 4.78 is 5.42. The molecule has 0 spiro atoms. The fourth-order valence-electron chi connectivity index (χ4n) is 7.66. The highest BCUT2D eigenvalue weighted by Crippen LogP contribution is 2.65. The Kier molecular flexibility index (Phi) is 13.5. The van der Waals surface area contributed by atoms with Gasteiger partial charge in [-0.1, -0.05) is 80.2 Å². The molecule has 0 aromatic rings. The van der Waals surface area contributed by atoms with Gasteiger partial charge in [0.25, 0.3) is 5.91 Å². The van der Waals surface area contributed by atoms with Gasteiger partial charge in [-0.15, -0.1) is 6.58 Å². The third kappa shape index (κ3) is 9.78. The summed E-state index contributed by atoms with van der Waals surface area (Å²) in [6.45, 7) is 21.4. The lowest BCUT2D eigenvalue weighted by molar-refractivity contribution is -0.146. The number of nitrogens with zero attached hydrogens (tertiary/aromatic N) is 1. The summed E-state index contributed by atoms with van der Waals surface area (Å²) in [5, 5.41) is 14.0. The van der Waals surface area contributed by atoms with Crippen molar-refractivity contribution >= 4 is 35.6 Å². The van der Waals surface area contributed by atoms with Crippen LogP contribution in [0, 0.1) is 28.1 Å². The van der Waals surface area contributed by atoms with E-state index in [4.69, 9.17) is 4.74 Å². The second kappa shape index (κ2) is 16.6. The smallest absolute Gasteiger partial charge is 0.407 e. The quantitative estimate of drug-likeness (QED) is 0.127. The van der Waals surface area contributed by atoms with Gasteiger partial charge in [-0.25, -0.2) is 9.59 Å². The topological polar surface area (TPSA) is 175 Å². The molecule has 13 heteroatoms. The number of rotatable bonds is 15. The fraction of sp³-hybridized carbons (Fsp3) is 0.784. The second-order valence-corrected chi connectivity index (χ2v) is 16.7. The van der Waals surface area contributed by atoms with Crippen molar-refractivity contribution in [2.75, 3.05) is 19.7 Å². The van der Waals surface area contributed by atoms with Crippen molar-refractivity contribution in [2.45, 2.75) is 137 Å². The minimum Gasteiger partial charge on any atom is -0.447 e. The number of ketones is 1. The molecule has 13 nitrogen and oxygen atoms in total. The molecule has 1 heterocycles. The van der Waals surface area contributed by atoms with Gasteiger partial charge in [0.15, 0.2) is 0 Å². The maximum Gasteiger partial charge on any atom is 0.407 e. The number of alkyl carbamates (subject to hydrolysis) is 1. The summed E-state index contributed by atoms with van der Waals surface area (Å²) in [4.78, 5) is 82.0. The number of carbonyl (C=O) groups excluding carboxylic acids is 6. The first-order valence-electron chi connectivity index (χ1n) is 18.3. The molecular weight excluding hydrogens is 640 g/mol. The van der Waals surface area contributed by atoms with Crippen molar-refractivity contribution in [3.8, 4) is 0 Å². The first-order valence-corrected chi connectivity index (χ1v) is 18.3. The van der Waals surface area contributed by atoms with Crippen LogP contribution in [0.5, 0.6) is 0 Å². The Labute approximate surface area is 298 Å². The van der Waals surface area contributed by atoms with Crippen LogP contribution in [0.15, 0.2) is 12.7 Å². The molecule has 5 N–H and O–H groups in total. The number of hydrogen-bond acceptors (Lipinski definition) is 7. The number of fused-ring (bicyclic) bond motifs is 1. The number of amides is 6. The number of likely N-dealkylation sites (tertiary alicyclic amines) is 1. The van der Waals surface area contributed by atoms with Crippen LogP contribution in [0.4, 0.5) is 9.59 Å². The largest absolute Gasteiger partial charge is 0.447 e. The summed E-state index contributed by atoms with van der Waals surface area (Å²) in [5.41, 5.74) is -1.24. The van der Waals surface area contributed by atoms with Gasteiger partial charge in [0, 0.05) is 19.1 Å². The van der Waals surface area contributed by atoms with E-state index < -0.39 is 64.7 Å². The standard InChI is InChI=1S/C37H62N6O7/c1-11-16-24(28(44)31(46)38-19-12-2)40-30(45)27-26-23(36(26,8)9)20-43(27)32(47)29(37(10)17-14-13-15-18-37)42-33(48)41-25(35(5,6)7)21-50-34(49)39-22(3)4/h12,22-27,29H,2,11,13-21H2,1,3-10H3,(H,38,46)(H,39,49)(H,40,45)(H2,41,42,48)/t23-,24?,25?,26-,27?,29?/m0/s1. The van der Waals surface area contributed by atoms with Crippen LogP contribution < -0.4 is 26.6 Å². The molecule has 0 bridgehead atoms. The number of Topliss-reactive ketones (excluding diaryl/α,β-unsaturated/α-hetero) is 1. The van der Waals surface area contributed by atoms with E-state index in [9.17, 15) is 28.8 Å². The molecule has 6 amide bonds. The normalized spacial score (nSPS) is 23.7. The zero-order valence-electron chi connectivity index (χ0n) is 31.7. The highest BCUT2D eigenvalue weighted by molar-refractivity contribution is 6.38. The van der Waals surface area contributed by atoms with Crippen LogP contribution in [0.25, 0.3) is 0 Å². The lowest BCUT2D eigenvalue weighted by Gasteiger charge is -2.43. The van der Waals surface area contributed by atoms with E-state index in [0.717, 1.165) is 32.1 Å². The van der Waals surface area contributed by atoms with Gasteiger partial charge in [0.1, 0.15) is 18.7 Å². The van der Waals surface area contributed by atoms with Crippen molar-refractivity contribution in [2.24, 2.45) is 28.1 Å². The molecule has 0 aromatic heterocycles. The molecule has 2 aliphatic carbocycles. The van der Waals surface area contributed by atoms with Crippen molar-refractivity contribution < 1.29 is 33.5 Å². The van der Waals surface area contributed by atoms with Crippen LogP contribution in [-0.4, -0.2) is 90.4 Å². The van der Waals surface area contributed by atoms with Gasteiger partial charge in [0.2, 0.25) is 17.6 Å². The summed E-state index contributed by atoms with van der Waals surface area (Å²) in [7, 11) is 0. The zero-order valence-corrected chi connectivity index (χ0v) is 31.7. The van der Waals surface area contributed by atoms with Crippen LogP contribution in [0.3, 0.4) is 0 Å². The Hall–Kier alpha value is -3.64. The Morgan fingerprint density at radius 2 is 1.60 bits per heavy atom. The second-order valence-electron chi connectivity index (χ2n) is 16.7. The predicted octanol–water partition coefficient (Wildman–Crippen LogP) is 3.81. The Morgan fingerprint density at radius 3 is 2.16 bits per heavy atom. The van der Waals surface area contributed by atoms with Crippen LogP contribution in [-0.2, 0) is 23.9 Å². The number of piperidine rings is 1. The predicted molar refractivity (Wildman–Crippen MR) is 191 cm³/mol. The number of nitrogens with one attached hydrogen (secondary N) is 5. The van der Waals surface area contributed by atoms with Gasteiger partial charge < -0.3 is 36.2 Å².